The summed E-state index contributed by atoms with van der Waals surface area (Å²) in [6, 6.07) is 22.3. The van der Waals surface area contributed by atoms with E-state index in [9.17, 15) is 22.8 Å². The van der Waals surface area contributed by atoms with E-state index >= 15 is 0 Å². The van der Waals surface area contributed by atoms with Gasteiger partial charge in [-0.15, -0.1) is 0 Å². The Hall–Kier alpha value is -3.98. The van der Waals surface area contributed by atoms with Crippen molar-refractivity contribution in [3.8, 4) is 0 Å². The summed E-state index contributed by atoms with van der Waals surface area (Å²) in [5.41, 5.74) is 2.62. The number of nitrogens with one attached hydrogen (secondary N) is 1. The number of nitrogens with zero attached hydrogens (tertiary/aromatic N) is 2. The molecule has 8 nitrogen and oxygen atoms in total. The third-order valence-electron chi connectivity index (χ3n) is 6.42. The quantitative estimate of drug-likeness (QED) is 0.338. The van der Waals surface area contributed by atoms with Crippen molar-refractivity contribution in [2.45, 2.75) is 59.2 Å². The van der Waals surface area contributed by atoms with Crippen LogP contribution in [0, 0.1) is 6.92 Å². The van der Waals surface area contributed by atoms with E-state index in [1.165, 1.54) is 17.9 Å². The van der Waals surface area contributed by atoms with E-state index < -0.39 is 34.1 Å². The molecule has 9 heteroatoms. The van der Waals surface area contributed by atoms with Crippen LogP contribution in [0.4, 0.5) is 5.69 Å². The van der Waals surface area contributed by atoms with Crippen molar-refractivity contribution in [3.63, 3.8) is 0 Å². The fourth-order valence-corrected chi connectivity index (χ4v) is 5.35. The minimum atomic E-state index is -3.93. The van der Waals surface area contributed by atoms with Gasteiger partial charge < -0.3 is 10.2 Å². The van der Waals surface area contributed by atoms with Gasteiger partial charge in [-0.25, -0.2) is 8.42 Å². The van der Waals surface area contributed by atoms with Gasteiger partial charge in [0.1, 0.15) is 12.6 Å². The predicted molar refractivity (Wildman–Crippen MR) is 162 cm³/mol. The highest BCUT2D eigenvalue weighted by molar-refractivity contribution is 7.92. The Labute approximate surface area is 243 Å². The number of hydrogen-bond donors (Lipinski definition) is 1. The Morgan fingerprint density at radius 3 is 2.10 bits per heavy atom. The normalized spacial score (nSPS) is 12.3. The molecular formula is C32H39N3O5S. The molecule has 1 unspecified atom stereocenters. The Balaban J connectivity index is 2.09. The monoisotopic (exact) mass is 577 g/mol. The Bertz CT molecular complexity index is 1500. The van der Waals surface area contributed by atoms with Gasteiger partial charge >= 0.3 is 0 Å². The molecular weight excluding hydrogens is 538 g/mol. The van der Waals surface area contributed by atoms with E-state index in [0.717, 1.165) is 27.3 Å². The second kappa shape index (κ2) is 13.1. The number of carbonyl (C=O) groups excluding carboxylic acids is 3. The second-order valence-corrected chi connectivity index (χ2v) is 13.2. The van der Waals surface area contributed by atoms with Crippen molar-refractivity contribution >= 4 is 33.3 Å². The molecule has 0 saturated heterocycles. The molecule has 41 heavy (non-hydrogen) atoms. The van der Waals surface area contributed by atoms with Crippen molar-refractivity contribution in [1.29, 1.82) is 0 Å². The lowest BCUT2D eigenvalue weighted by Gasteiger charge is -2.35. The molecule has 3 aromatic carbocycles. The largest absolute Gasteiger partial charge is 0.350 e. The summed E-state index contributed by atoms with van der Waals surface area (Å²) in [5.74, 6) is -1.11. The standard InChI is InChI=1S/C32H39N3O5S/c1-23-12-10-15-26(18-23)21-34(29(31(38)33-32(3,4)5)19-25-13-8-7-9-14-25)30(37)22-35(41(6,39)40)28-17-11-16-27(20-28)24(2)36/h7-18,20,29H,19,21-22H2,1-6H3,(H,33,38). The lowest BCUT2D eigenvalue weighted by Crippen LogP contribution is -2.56. The number of hydrogen-bond acceptors (Lipinski definition) is 5. The summed E-state index contributed by atoms with van der Waals surface area (Å²) in [5, 5.41) is 3.01. The van der Waals surface area contributed by atoms with Gasteiger partial charge in [-0.3, -0.25) is 18.7 Å². The van der Waals surface area contributed by atoms with Crippen molar-refractivity contribution in [2.75, 3.05) is 17.1 Å². The molecule has 2 amide bonds. The molecule has 0 bridgehead atoms. The number of Topliss-reactive ketones (excluding diaryl/α,β-unsaturated/α-hetero) is 1. The van der Waals surface area contributed by atoms with E-state index in [2.05, 4.69) is 5.32 Å². The van der Waals surface area contributed by atoms with Crippen LogP contribution in [0.5, 0.6) is 0 Å². The molecule has 0 heterocycles. The van der Waals surface area contributed by atoms with Gasteiger partial charge in [-0.2, -0.15) is 0 Å². The maximum absolute atomic E-state index is 14.2. The molecule has 0 spiro atoms. The van der Waals surface area contributed by atoms with Crippen LogP contribution in [0.15, 0.2) is 78.9 Å². The maximum atomic E-state index is 14.2. The Morgan fingerprint density at radius 1 is 0.878 bits per heavy atom. The first kappa shape index (κ1) is 31.5. The van der Waals surface area contributed by atoms with Crippen molar-refractivity contribution in [1.82, 2.24) is 10.2 Å². The number of benzene rings is 3. The lowest BCUT2D eigenvalue weighted by atomic mass is 10.0. The molecule has 1 atom stereocenters. The van der Waals surface area contributed by atoms with Gasteiger partial charge in [0.2, 0.25) is 21.8 Å². The maximum Gasteiger partial charge on any atom is 0.244 e. The van der Waals surface area contributed by atoms with Crippen LogP contribution in [0.2, 0.25) is 0 Å². The number of amides is 2. The number of ketones is 1. The van der Waals surface area contributed by atoms with Gasteiger partial charge in [-0.1, -0.05) is 72.3 Å². The smallest absolute Gasteiger partial charge is 0.244 e. The fraction of sp³-hybridized carbons (Fsp3) is 0.344. The zero-order chi connectivity index (χ0) is 30.4. The van der Waals surface area contributed by atoms with Gasteiger partial charge in [0, 0.05) is 24.1 Å². The fourth-order valence-electron chi connectivity index (χ4n) is 4.51. The second-order valence-electron chi connectivity index (χ2n) is 11.3. The van der Waals surface area contributed by atoms with Crippen molar-refractivity contribution < 1.29 is 22.8 Å². The van der Waals surface area contributed by atoms with Crippen molar-refractivity contribution in [3.05, 3.63) is 101 Å². The van der Waals surface area contributed by atoms with Gasteiger partial charge in [-0.05, 0) is 57.9 Å². The first-order chi connectivity index (χ1) is 19.1. The molecule has 0 saturated carbocycles. The average molecular weight is 578 g/mol. The molecule has 0 aliphatic carbocycles. The molecule has 218 valence electrons. The summed E-state index contributed by atoms with van der Waals surface area (Å²) in [6.45, 7) is 8.48. The topological polar surface area (TPSA) is 104 Å². The SMILES string of the molecule is CC(=O)c1cccc(N(CC(=O)N(Cc2cccc(C)c2)C(Cc2ccccc2)C(=O)NC(C)(C)C)S(C)(=O)=O)c1. The van der Waals surface area contributed by atoms with E-state index in [-0.39, 0.29) is 30.3 Å². The van der Waals surface area contributed by atoms with Crippen LogP contribution in [0.1, 0.15) is 54.7 Å². The molecule has 1 N–H and O–H groups in total. The molecule has 0 aromatic heterocycles. The third kappa shape index (κ3) is 9.28. The van der Waals surface area contributed by atoms with Crippen LogP contribution < -0.4 is 9.62 Å². The zero-order valence-electron chi connectivity index (χ0n) is 24.5. The van der Waals surface area contributed by atoms with Crippen LogP contribution >= 0.6 is 0 Å². The zero-order valence-corrected chi connectivity index (χ0v) is 25.4. The summed E-state index contributed by atoms with van der Waals surface area (Å²) in [6.07, 6.45) is 1.25. The van der Waals surface area contributed by atoms with Gasteiger partial charge in [0.05, 0.1) is 11.9 Å². The first-order valence-corrected chi connectivity index (χ1v) is 15.3. The lowest BCUT2D eigenvalue weighted by molar-refractivity contribution is -0.140. The molecule has 0 aliphatic heterocycles. The summed E-state index contributed by atoms with van der Waals surface area (Å²) < 4.78 is 26.9. The number of aryl methyl sites for hydroxylation is 1. The molecule has 3 rings (SSSR count). The summed E-state index contributed by atoms with van der Waals surface area (Å²) in [4.78, 5) is 41.4. The molecule has 0 radical (unpaired) electrons. The van der Waals surface area contributed by atoms with Crippen LogP contribution in [-0.2, 0) is 32.6 Å². The van der Waals surface area contributed by atoms with E-state index in [1.807, 2.05) is 82.3 Å². The Morgan fingerprint density at radius 2 is 1.51 bits per heavy atom. The summed E-state index contributed by atoms with van der Waals surface area (Å²) >= 11 is 0. The van der Waals surface area contributed by atoms with Crippen LogP contribution in [0.3, 0.4) is 0 Å². The van der Waals surface area contributed by atoms with Crippen LogP contribution in [-0.4, -0.2) is 55.3 Å². The highest BCUT2D eigenvalue weighted by atomic mass is 32.2. The third-order valence-corrected chi connectivity index (χ3v) is 7.57. The molecule has 3 aromatic rings. The number of sulfonamides is 1. The predicted octanol–water partition coefficient (Wildman–Crippen LogP) is 4.52. The summed E-state index contributed by atoms with van der Waals surface area (Å²) in [7, 11) is -3.93. The van der Waals surface area contributed by atoms with Gasteiger partial charge in [0.15, 0.2) is 5.78 Å². The first-order valence-electron chi connectivity index (χ1n) is 13.4. The number of rotatable bonds is 11. The van der Waals surface area contributed by atoms with E-state index in [4.69, 9.17) is 0 Å². The minimum absolute atomic E-state index is 0.0979. The number of anilines is 1. The van der Waals surface area contributed by atoms with E-state index in [0.29, 0.717) is 5.56 Å². The molecule has 0 fully saturated rings. The Kier molecular flexibility index (Phi) is 10.1. The average Bonchev–Trinajstić information content (AvgIpc) is 2.88. The minimum Gasteiger partial charge on any atom is -0.350 e. The van der Waals surface area contributed by atoms with Crippen LogP contribution in [0.25, 0.3) is 0 Å². The number of carbonyl (C=O) groups is 3. The highest BCUT2D eigenvalue weighted by Crippen LogP contribution is 2.22. The molecule has 0 aliphatic rings. The van der Waals surface area contributed by atoms with Gasteiger partial charge in [0.25, 0.3) is 0 Å². The highest BCUT2D eigenvalue weighted by Gasteiger charge is 2.34. The van der Waals surface area contributed by atoms with Crippen molar-refractivity contribution in [2.24, 2.45) is 0 Å². The van der Waals surface area contributed by atoms with E-state index in [1.54, 1.807) is 18.2 Å².